The zero-order valence-corrected chi connectivity index (χ0v) is 15.1. The highest BCUT2D eigenvalue weighted by molar-refractivity contribution is 5.83. The molecule has 1 aliphatic heterocycles. The van der Waals surface area contributed by atoms with E-state index >= 15 is 0 Å². The molecule has 4 rings (SSSR count). The molecule has 0 aromatic carbocycles. The second-order valence-corrected chi connectivity index (χ2v) is 7.61. The lowest BCUT2D eigenvalue weighted by Gasteiger charge is -2.32. The Morgan fingerprint density at radius 3 is 2.72 bits per heavy atom. The van der Waals surface area contributed by atoms with Crippen LogP contribution in [0.4, 0.5) is 0 Å². The fraction of sp³-hybridized carbons (Fsp3) is 0.550. The van der Waals surface area contributed by atoms with Gasteiger partial charge in [0.05, 0.1) is 5.69 Å². The third kappa shape index (κ3) is 3.46. The van der Waals surface area contributed by atoms with Crippen molar-refractivity contribution in [1.82, 2.24) is 19.7 Å². The molecule has 25 heavy (non-hydrogen) atoms. The molecule has 2 atom stereocenters. The topological polar surface area (TPSA) is 51.0 Å². The van der Waals surface area contributed by atoms with E-state index in [2.05, 4.69) is 38.7 Å². The van der Waals surface area contributed by atoms with Crippen LogP contribution < -0.4 is 0 Å². The molecule has 1 aliphatic carbocycles. The van der Waals surface area contributed by atoms with Crippen LogP contribution in [-0.2, 0) is 11.3 Å². The van der Waals surface area contributed by atoms with Gasteiger partial charge in [-0.1, -0.05) is 6.07 Å². The Hall–Kier alpha value is -2.17. The molecule has 0 bridgehead atoms. The first-order valence-electron chi connectivity index (χ1n) is 9.31. The van der Waals surface area contributed by atoms with E-state index in [-0.39, 0.29) is 5.92 Å². The lowest BCUT2D eigenvalue weighted by Crippen LogP contribution is -2.40. The molecule has 3 heterocycles. The van der Waals surface area contributed by atoms with E-state index in [1.54, 1.807) is 6.20 Å². The van der Waals surface area contributed by atoms with Crippen molar-refractivity contribution in [3.8, 4) is 0 Å². The molecule has 1 saturated heterocycles. The zero-order valence-electron chi connectivity index (χ0n) is 15.1. The van der Waals surface area contributed by atoms with Crippen LogP contribution in [0, 0.1) is 25.7 Å². The highest BCUT2D eigenvalue weighted by Crippen LogP contribution is 2.48. The summed E-state index contributed by atoms with van der Waals surface area (Å²) in [5.41, 5.74) is 3.52. The van der Waals surface area contributed by atoms with E-state index in [1.807, 2.05) is 19.2 Å². The number of carbonyl (C=O) groups is 1. The molecule has 2 fully saturated rings. The zero-order chi connectivity index (χ0) is 17.4. The molecular formula is C20H26N4O. The molecule has 2 unspecified atom stereocenters. The third-order valence-corrected chi connectivity index (χ3v) is 5.68. The van der Waals surface area contributed by atoms with Gasteiger partial charge in [0.25, 0.3) is 0 Å². The Morgan fingerprint density at radius 1 is 1.28 bits per heavy atom. The van der Waals surface area contributed by atoms with Crippen molar-refractivity contribution in [2.45, 2.75) is 45.6 Å². The summed E-state index contributed by atoms with van der Waals surface area (Å²) in [4.78, 5) is 19.0. The Kier molecular flexibility index (Phi) is 4.32. The van der Waals surface area contributed by atoms with Crippen LogP contribution >= 0.6 is 0 Å². The van der Waals surface area contributed by atoms with Crippen LogP contribution in [0.3, 0.4) is 0 Å². The van der Waals surface area contributed by atoms with E-state index in [9.17, 15) is 4.79 Å². The minimum Gasteiger partial charge on any atom is -0.342 e. The molecule has 2 aliphatic rings. The van der Waals surface area contributed by atoms with Gasteiger partial charge in [-0.2, -0.15) is 5.10 Å². The summed E-state index contributed by atoms with van der Waals surface area (Å²) in [6, 6.07) is 6.18. The first-order chi connectivity index (χ1) is 12.1. The molecular weight excluding hydrogens is 312 g/mol. The smallest absolute Gasteiger partial charge is 0.226 e. The van der Waals surface area contributed by atoms with E-state index in [0.717, 1.165) is 44.6 Å². The van der Waals surface area contributed by atoms with E-state index in [1.165, 1.54) is 11.3 Å². The Bertz CT molecular complexity index is 746. The lowest BCUT2D eigenvalue weighted by atomic mass is 9.96. The van der Waals surface area contributed by atoms with Crippen LogP contribution in [0.2, 0.25) is 0 Å². The van der Waals surface area contributed by atoms with Crippen molar-refractivity contribution >= 4 is 5.91 Å². The van der Waals surface area contributed by atoms with Gasteiger partial charge < -0.3 is 4.90 Å². The summed E-state index contributed by atoms with van der Waals surface area (Å²) >= 11 is 0. The number of nitrogens with zero attached hydrogens (tertiary/aromatic N) is 4. The second kappa shape index (κ2) is 6.62. The average molecular weight is 338 g/mol. The molecule has 5 heteroatoms. The normalized spacial score (nSPS) is 23.7. The minimum absolute atomic E-state index is 0.178. The lowest BCUT2D eigenvalue weighted by molar-refractivity contribution is -0.134. The van der Waals surface area contributed by atoms with Crippen molar-refractivity contribution in [3.05, 3.63) is 47.5 Å². The largest absolute Gasteiger partial charge is 0.342 e. The number of aryl methyl sites for hydroxylation is 2. The van der Waals surface area contributed by atoms with Crippen LogP contribution in [-0.4, -0.2) is 38.7 Å². The summed E-state index contributed by atoms with van der Waals surface area (Å²) in [5, 5.41) is 4.57. The summed E-state index contributed by atoms with van der Waals surface area (Å²) in [7, 11) is 0. The molecule has 2 aromatic heterocycles. The van der Waals surface area contributed by atoms with Crippen molar-refractivity contribution in [2.24, 2.45) is 11.8 Å². The number of hydrogen-bond donors (Lipinski definition) is 0. The van der Waals surface area contributed by atoms with Crippen LogP contribution in [0.25, 0.3) is 0 Å². The molecule has 2 aromatic rings. The van der Waals surface area contributed by atoms with Crippen molar-refractivity contribution in [3.63, 3.8) is 0 Å². The van der Waals surface area contributed by atoms with Gasteiger partial charge >= 0.3 is 0 Å². The van der Waals surface area contributed by atoms with Gasteiger partial charge in [0.15, 0.2) is 0 Å². The van der Waals surface area contributed by atoms with Crippen LogP contribution in [0.15, 0.2) is 30.6 Å². The number of likely N-dealkylation sites (tertiary alicyclic amines) is 1. The van der Waals surface area contributed by atoms with Gasteiger partial charge in [-0.15, -0.1) is 0 Å². The molecule has 1 saturated carbocycles. The number of hydrogen-bond acceptors (Lipinski definition) is 3. The molecule has 0 N–H and O–H groups in total. The standard InChI is InChI=1S/C20H26N4O/c1-14-10-15(2)24(22-14)13-16-5-8-23(9-6-16)20(25)19-11-18(19)17-4-3-7-21-12-17/h3-4,7,10,12,16,18-19H,5-6,8-9,11,13H2,1-2H3. The second-order valence-electron chi connectivity index (χ2n) is 7.61. The summed E-state index contributed by atoms with van der Waals surface area (Å²) in [5.74, 6) is 1.53. The Morgan fingerprint density at radius 2 is 2.08 bits per heavy atom. The Labute approximate surface area is 149 Å². The summed E-state index contributed by atoms with van der Waals surface area (Å²) < 4.78 is 2.12. The van der Waals surface area contributed by atoms with Gasteiger partial charge in [0.2, 0.25) is 5.91 Å². The maximum atomic E-state index is 12.8. The highest BCUT2D eigenvalue weighted by atomic mass is 16.2. The van der Waals surface area contributed by atoms with E-state index < -0.39 is 0 Å². The number of pyridine rings is 1. The first kappa shape index (κ1) is 16.3. The van der Waals surface area contributed by atoms with Crippen molar-refractivity contribution in [2.75, 3.05) is 13.1 Å². The summed E-state index contributed by atoms with van der Waals surface area (Å²) in [6.45, 7) is 6.91. The fourth-order valence-corrected chi connectivity index (χ4v) is 4.11. The Balaban J connectivity index is 1.29. The molecule has 0 radical (unpaired) electrons. The van der Waals surface area contributed by atoms with E-state index in [0.29, 0.717) is 17.7 Å². The highest BCUT2D eigenvalue weighted by Gasteiger charge is 2.46. The minimum atomic E-state index is 0.178. The predicted octanol–water partition coefficient (Wildman–Crippen LogP) is 2.94. The number of amides is 1. The van der Waals surface area contributed by atoms with Crippen LogP contribution in [0.1, 0.15) is 42.1 Å². The maximum Gasteiger partial charge on any atom is 0.226 e. The van der Waals surface area contributed by atoms with Gasteiger partial charge in [-0.3, -0.25) is 14.5 Å². The molecule has 5 nitrogen and oxygen atoms in total. The van der Waals surface area contributed by atoms with Crippen molar-refractivity contribution in [1.29, 1.82) is 0 Å². The third-order valence-electron chi connectivity index (χ3n) is 5.68. The molecule has 132 valence electrons. The van der Waals surface area contributed by atoms with Gasteiger partial charge in [-0.05, 0) is 62.6 Å². The van der Waals surface area contributed by atoms with Gasteiger partial charge in [0, 0.05) is 43.6 Å². The SMILES string of the molecule is Cc1cc(C)n(CC2CCN(C(=O)C3CC3c3cccnc3)CC2)n1. The van der Waals surface area contributed by atoms with Crippen molar-refractivity contribution < 1.29 is 4.79 Å². The predicted molar refractivity (Wildman–Crippen MR) is 96.1 cm³/mol. The van der Waals surface area contributed by atoms with Gasteiger partial charge in [0.1, 0.15) is 0 Å². The number of aromatic nitrogens is 3. The number of carbonyl (C=O) groups excluding carboxylic acids is 1. The average Bonchev–Trinajstić information content (AvgIpc) is 3.36. The first-order valence-corrected chi connectivity index (χ1v) is 9.31. The van der Waals surface area contributed by atoms with Crippen LogP contribution in [0.5, 0.6) is 0 Å². The summed E-state index contributed by atoms with van der Waals surface area (Å²) in [6.07, 6.45) is 6.83. The molecule has 1 amide bonds. The van der Waals surface area contributed by atoms with E-state index in [4.69, 9.17) is 0 Å². The fourth-order valence-electron chi connectivity index (χ4n) is 4.11. The number of piperidine rings is 1. The maximum absolute atomic E-state index is 12.8. The quantitative estimate of drug-likeness (QED) is 0.861. The monoisotopic (exact) mass is 338 g/mol. The number of rotatable bonds is 4. The molecule has 0 spiro atoms. The van der Waals surface area contributed by atoms with Gasteiger partial charge in [-0.25, -0.2) is 0 Å².